The second-order valence-corrected chi connectivity index (χ2v) is 4.50. The zero-order valence-electron chi connectivity index (χ0n) is 10.6. The molecule has 20 heavy (non-hydrogen) atoms. The highest BCUT2D eigenvalue weighted by Crippen LogP contribution is 2.38. The van der Waals surface area contributed by atoms with Gasteiger partial charge in [-0.05, 0) is 17.7 Å². The topological polar surface area (TPSA) is 50.1 Å². The van der Waals surface area contributed by atoms with E-state index in [1.54, 1.807) is 24.5 Å². The number of hydrogen-bond donors (Lipinski definition) is 0. The number of ether oxygens (including phenoxy) is 1. The Bertz CT molecular complexity index is 726. The van der Waals surface area contributed by atoms with Crippen LogP contribution >= 0.6 is 0 Å². The molecule has 1 atom stereocenters. The second-order valence-electron chi connectivity index (χ2n) is 4.50. The number of benzene rings is 2. The van der Waals surface area contributed by atoms with E-state index >= 15 is 0 Å². The lowest BCUT2D eigenvalue weighted by atomic mass is 9.88. The van der Waals surface area contributed by atoms with Gasteiger partial charge in [0.05, 0.1) is 11.8 Å². The summed E-state index contributed by atoms with van der Waals surface area (Å²) in [5.74, 6) is -0.0641. The monoisotopic (exact) mass is 261 g/mol. The Kier molecular flexibility index (Phi) is 3.06. The van der Waals surface area contributed by atoms with Crippen molar-refractivity contribution in [3.05, 3.63) is 77.6 Å². The van der Waals surface area contributed by atoms with Crippen molar-refractivity contribution in [2.45, 2.75) is 5.92 Å². The van der Waals surface area contributed by atoms with Crippen molar-refractivity contribution in [1.29, 1.82) is 5.26 Å². The van der Waals surface area contributed by atoms with Crippen LogP contribution in [0, 0.1) is 11.3 Å². The molecule has 0 N–H and O–H groups in total. The number of rotatable bonds is 2. The van der Waals surface area contributed by atoms with Gasteiger partial charge in [0.2, 0.25) is 0 Å². The van der Waals surface area contributed by atoms with Gasteiger partial charge in [0.25, 0.3) is 5.78 Å². The van der Waals surface area contributed by atoms with Gasteiger partial charge in [-0.1, -0.05) is 42.5 Å². The highest BCUT2D eigenvalue weighted by Gasteiger charge is 2.24. The molecular weight excluding hydrogens is 250 g/mol. The van der Waals surface area contributed by atoms with Gasteiger partial charge in [-0.15, -0.1) is 0 Å². The molecule has 2 aromatic carbocycles. The van der Waals surface area contributed by atoms with Crippen molar-refractivity contribution in [2.24, 2.45) is 0 Å². The number of Topliss-reactive ketones (excluding diaryl/α,β-unsaturated/α-hetero) is 1. The minimum Gasteiger partial charge on any atom is -0.464 e. The van der Waals surface area contributed by atoms with Crippen LogP contribution in [0.4, 0.5) is 0 Å². The molecule has 0 radical (unpaired) electrons. The third kappa shape index (κ3) is 1.98. The molecule has 3 nitrogen and oxygen atoms in total. The molecule has 0 saturated heterocycles. The van der Waals surface area contributed by atoms with Gasteiger partial charge in [-0.2, -0.15) is 5.26 Å². The van der Waals surface area contributed by atoms with Gasteiger partial charge in [0.15, 0.2) is 0 Å². The summed E-state index contributed by atoms with van der Waals surface area (Å²) in [6, 6.07) is 16.9. The fraction of sp³-hybridized carbons (Fsp3) is 0.0588. The molecule has 0 aliphatic carbocycles. The van der Waals surface area contributed by atoms with E-state index in [0.717, 1.165) is 11.1 Å². The molecule has 3 heteroatoms. The summed E-state index contributed by atoms with van der Waals surface area (Å²) in [6.07, 6.45) is 3.52. The van der Waals surface area contributed by atoms with E-state index in [-0.39, 0.29) is 5.92 Å². The summed E-state index contributed by atoms with van der Waals surface area (Å²) >= 11 is 0. The molecule has 0 fully saturated rings. The van der Waals surface area contributed by atoms with Gasteiger partial charge in [0.1, 0.15) is 11.8 Å². The molecule has 3 rings (SSSR count). The lowest BCUT2D eigenvalue weighted by Crippen LogP contribution is -2.09. The molecule has 1 aliphatic rings. The zero-order valence-corrected chi connectivity index (χ0v) is 10.6. The van der Waals surface area contributed by atoms with Crippen LogP contribution in [0.2, 0.25) is 0 Å². The smallest absolute Gasteiger partial charge is 0.265 e. The van der Waals surface area contributed by atoms with Crippen LogP contribution in [0.3, 0.4) is 0 Å². The maximum atomic E-state index is 11.7. The largest absolute Gasteiger partial charge is 0.464 e. The Hall–Kier alpha value is -2.86. The van der Waals surface area contributed by atoms with Crippen molar-refractivity contribution < 1.29 is 9.53 Å². The van der Waals surface area contributed by atoms with E-state index in [9.17, 15) is 4.79 Å². The number of fused-ring (bicyclic) bond motifs is 1. The van der Waals surface area contributed by atoms with Crippen molar-refractivity contribution in [2.75, 3.05) is 0 Å². The van der Waals surface area contributed by atoms with Crippen molar-refractivity contribution in [3.63, 3.8) is 0 Å². The Morgan fingerprint density at radius 2 is 1.90 bits per heavy atom. The fourth-order valence-electron chi connectivity index (χ4n) is 2.41. The third-order valence-electron chi connectivity index (χ3n) is 3.34. The molecule has 0 bridgehead atoms. The predicted octanol–water partition coefficient (Wildman–Crippen LogP) is 3.43. The number of allylic oxidation sites excluding steroid dienone is 1. The van der Waals surface area contributed by atoms with E-state index < -0.39 is 5.78 Å². The van der Waals surface area contributed by atoms with Gasteiger partial charge in [0, 0.05) is 11.5 Å². The summed E-state index contributed by atoms with van der Waals surface area (Å²) in [5.41, 5.74) is 2.34. The Morgan fingerprint density at radius 1 is 1.10 bits per heavy atom. The van der Waals surface area contributed by atoms with Gasteiger partial charge in [-0.3, -0.25) is 4.79 Å². The van der Waals surface area contributed by atoms with Crippen LogP contribution < -0.4 is 4.74 Å². The average molecular weight is 261 g/mol. The zero-order chi connectivity index (χ0) is 13.9. The first-order chi connectivity index (χ1) is 9.81. The molecule has 1 aliphatic heterocycles. The lowest BCUT2D eigenvalue weighted by Gasteiger charge is -2.22. The SMILES string of the molecule is N#CC(=O)c1cccc2c1OC=CC2c1ccccc1. The van der Waals surface area contributed by atoms with E-state index in [1.165, 1.54) is 0 Å². The first kappa shape index (κ1) is 12.2. The first-order valence-corrected chi connectivity index (χ1v) is 6.27. The van der Waals surface area contributed by atoms with Crippen molar-refractivity contribution in [3.8, 4) is 11.8 Å². The minimum absolute atomic E-state index is 0.0337. The molecule has 2 aromatic rings. The molecule has 0 spiro atoms. The van der Waals surface area contributed by atoms with Crippen LogP contribution in [-0.4, -0.2) is 5.78 Å². The Balaban J connectivity index is 2.13. The highest BCUT2D eigenvalue weighted by atomic mass is 16.5. The fourth-order valence-corrected chi connectivity index (χ4v) is 2.41. The van der Waals surface area contributed by atoms with E-state index in [0.29, 0.717) is 11.3 Å². The summed E-state index contributed by atoms with van der Waals surface area (Å²) in [6.45, 7) is 0. The van der Waals surface area contributed by atoms with E-state index in [1.807, 2.05) is 42.5 Å². The van der Waals surface area contributed by atoms with E-state index in [4.69, 9.17) is 10.00 Å². The first-order valence-electron chi connectivity index (χ1n) is 6.27. The quantitative estimate of drug-likeness (QED) is 0.614. The Labute approximate surface area is 116 Å². The molecule has 0 saturated carbocycles. The van der Waals surface area contributed by atoms with E-state index in [2.05, 4.69) is 0 Å². The van der Waals surface area contributed by atoms with Crippen LogP contribution in [0.5, 0.6) is 5.75 Å². The second kappa shape index (κ2) is 5.02. The summed E-state index contributed by atoms with van der Waals surface area (Å²) < 4.78 is 5.48. The number of carbonyl (C=O) groups excluding carboxylic acids is 1. The summed E-state index contributed by atoms with van der Waals surface area (Å²) in [5, 5.41) is 8.80. The molecule has 96 valence electrons. The third-order valence-corrected chi connectivity index (χ3v) is 3.34. The number of nitriles is 1. The molecule has 1 heterocycles. The molecule has 0 amide bonds. The molecule has 0 aromatic heterocycles. The van der Waals surface area contributed by atoms with Crippen molar-refractivity contribution in [1.82, 2.24) is 0 Å². The maximum absolute atomic E-state index is 11.7. The normalized spacial score (nSPS) is 15.8. The number of ketones is 1. The lowest BCUT2D eigenvalue weighted by molar-refractivity contribution is 0.105. The maximum Gasteiger partial charge on any atom is 0.265 e. The number of carbonyl (C=O) groups is 1. The highest BCUT2D eigenvalue weighted by molar-refractivity contribution is 6.09. The standard InChI is InChI=1S/C17H11NO2/c18-11-16(19)15-8-4-7-14-13(9-10-20-17(14)15)12-5-2-1-3-6-12/h1-10,13H. The number of hydrogen-bond acceptors (Lipinski definition) is 3. The van der Waals surface area contributed by atoms with Gasteiger partial charge < -0.3 is 4.74 Å². The molecular formula is C17H11NO2. The van der Waals surface area contributed by atoms with Crippen LogP contribution in [0.1, 0.15) is 27.4 Å². The van der Waals surface area contributed by atoms with Crippen LogP contribution in [-0.2, 0) is 0 Å². The average Bonchev–Trinajstić information content (AvgIpc) is 2.54. The minimum atomic E-state index is -0.580. The number of para-hydroxylation sites is 1. The summed E-state index contributed by atoms with van der Waals surface area (Å²) in [7, 11) is 0. The number of nitrogens with zero attached hydrogens (tertiary/aromatic N) is 1. The van der Waals surface area contributed by atoms with Crippen LogP contribution in [0.25, 0.3) is 0 Å². The predicted molar refractivity (Wildman–Crippen MR) is 74.4 cm³/mol. The van der Waals surface area contributed by atoms with Gasteiger partial charge >= 0.3 is 0 Å². The Morgan fingerprint density at radius 3 is 2.65 bits per heavy atom. The molecule has 1 unspecified atom stereocenters. The van der Waals surface area contributed by atoms with Crippen molar-refractivity contribution >= 4 is 5.78 Å². The van der Waals surface area contributed by atoms with Gasteiger partial charge in [-0.25, -0.2) is 0 Å². The summed E-state index contributed by atoms with van der Waals surface area (Å²) in [4.78, 5) is 11.7. The van der Waals surface area contributed by atoms with Crippen LogP contribution in [0.15, 0.2) is 60.9 Å².